The van der Waals surface area contributed by atoms with Crippen molar-refractivity contribution in [1.82, 2.24) is 10.2 Å². The van der Waals surface area contributed by atoms with Gasteiger partial charge in [0.2, 0.25) is 11.8 Å². The molecule has 0 unspecified atom stereocenters. The highest BCUT2D eigenvalue weighted by Crippen LogP contribution is 2.23. The van der Waals surface area contributed by atoms with E-state index in [2.05, 4.69) is 5.32 Å². The fraction of sp³-hybridized carbons (Fsp3) is 0.706. The van der Waals surface area contributed by atoms with Crippen LogP contribution in [0.15, 0.2) is 11.6 Å². The molecule has 0 aromatic rings. The Labute approximate surface area is 132 Å². The van der Waals surface area contributed by atoms with Crippen LogP contribution in [0.1, 0.15) is 51.4 Å². The number of nitriles is 1. The van der Waals surface area contributed by atoms with Gasteiger partial charge in [-0.1, -0.05) is 12.0 Å². The van der Waals surface area contributed by atoms with Gasteiger partial charge in [0.1, 0.15) is 6.42 Å². The predicted octanol–water partition coefficient (Wildman–Crippen LogP) is 2.15. The summed E-state index contributed by atoms with van der Waals surface area (Å²) in [4.78, 5) is 25.5. The summed E-state index contributed by atoms with van der Waals surface area (Å²) in [5.41, 5.74) is 1.31. The Kier molecular flexibility index (Phi) is 6.45. The molecule has 5 nitrogen and oxygen atoms in total. The van der Waals surface area contributed by atoms with Crippen molar-refractivity contribution in [3.63, 3.8) is 0 Å². The largest absolute Gasteiger partial charge is 0.355 e. The zero-order chi connectivity index (χ0) is 15.8. The molecule has 2 rings (SSSR count). The van der Waals surface area contributed by atoms with Gasteiger partial charge < -0.3 is 10.2 Å². The average Bonchev–Trinajstić information content (AvgIpc) is 2.54. The second kappa shape index (κ2) is 8.57. The van der Waals surface area contributed by atoms with Crippen LogP contribution in [0.3, 0.4) is 0 Å². The van der Waals surface area contributed by atoms with E-state index in [4.69, 9.17) is 5.26 Å². The third-order valence-corrected chi connectivity index (χ3v) is 4.58. The molecule has 2 aliphatic rings. The number of rotatable bonds is 4. The summed E-state index contributed by atoms with van der Waals surface area (Å²) in [6.07, 6.45) is 9.48. The molecule has 1 saturated heterocycles. The first kappa shape index (κ1) is 16.5. The molecule has 1 saturated carbocycles. The quantitative estimate of drug-likeness (QED) is 0.809. The summed E-state index contributed by atoms with van der Waals surface area (Å²) in [5.74, 6) is 0.362. The topological polar surface area (TPSA) is 73.2 Å². The molecular formula is C17H25N3O2. The van der Waals surface area contributed by atoms with E-state index in [9.17, 15) is 9.59 Å². The van der Waals surface area contributed by atoms with Crippen LogP contribution in [-0.4, -0.2) is 36.3 Å². The maximum Gasteiger partial charge on any atom is 0.246 e. The molecule has 0 bridgehead atoms. The molecule has 120 valence electrons. The summed E-state index contributed by atoms with van der Waals surface area (Å²) >= 11 is 0. The van der Waals surface area contributed by atoms with Gasteiger partial charge in [-0.05, 0) is 44.4 Å². The summed E-state index contributed by atoms with van der Waals surface area (Å²) < 4.78 is 0. The van der Waals surface area contributed by atoms with E-state index in [0.717, 1.165) is 38.8 Å². The Balaban J connectivity index is 1.71. The van der Waals surface area contributed by atoms with Gasteiger partial charge in [0, 0.05) is 25.7 Å². The van der Waals surface area contributed by atoms with E-state index in [1.54, 1.807) is 0 Å². The standard InChI is InChI=1S/C17H25N3O2/c18-9-6-16(21)19-13-15-7-10-20(11-8-15)17(22)12-14-4-2-1-3-5-14/h12,15H,1-8,10-11,13H2,(H,19,21). The third kappa shape index (κ3) is 5.18. The molecule has 0 aromatic carbocycles. The average molecular weight is 303 g/mol. The number of nitrogens with one attached hydrogen (secondary N) is 1. The zero-order valence-corrected chi connectivity index (χ0v) is 13.1. The Bertz CT molecular complexity index is 463. The lowest BCUT2D eigenvalue weighted by atomic mass is 9.93. The van der Waals surface area contributed by atoms with Gasteiger partial charge in [0.05, 0.1) is 6.07 Å². The van der Waals surface area contributed by atoms with Gasteiger partial charge in [0.25, 0.3) is 0 Å². The molecule has 0 radical (unpaired) electrons. The van der Waals surface area contributed by atoms with Crippen LogP contribution in [-0.2, 0) is 9.59 Å². The highest BCUT2D eigenvalue weighted by Gasteiger charge is 2.22. The minimum Gasteiger partial charge on any atom is -0.355 e. The second-order valence-corrected chi connectivity index (χ2v) is 6.27. The second-order valence-electron chi connectivity index (χ2n) is 6.27. The summed E-state index contributed by atoms with van der Waals surface area (Å²) in [6.45, 7) is 2.15. The van der Waals surface area contributed by atoms with E-state index < -0.39 is 0 Å². The highest BCUT2D eigenvalue weighted by molar-refractivity contribution is 5.88. The monoisotopic (exact) mass is 303 g/mol. The van der Waals surface area contributed by atoms with Crippen LogP contribution >= 0.6 is 0 Å². The molecular weight excluding hydrogens is 278 g/mol. The number of amides is 2. The van der Waals surface area contributed by atoms with Crippen molar-refractivity contribution in [2.75, 3.05) is 19.6 Å². The van der Waals surface area contributed by atoms with Gasteiger partial charge in [-0.25, -0.2) is 0 Å². The first-order valence-corrected chi connectivity index (χ1v) is 8.31. The number of nitrogens with zero attached hydrogens (tertiary/aromatic N) is 2. The molecule has 2 fully saturated rings. The van der Waals surface area contributed by atoms with Crippen LogP contribution in [0.25, 0.3) is 0 Å². The van der Waals surface area contributed by atoms with Crippen LogP contribution in [0.5, 0.6) is 0 Å². The van der Waals surface area contributed by atoms with Crippen molar-refractivity contribution in [3.8, 4) is 6.07 Å². The Hall–Kier alpha value is -1.83. The molecule has 1 aliphatic carbocycles. The molecule has 1 N–H and O–H groups in total. The first-order valence-electron chi connectivity index (χ1n) is 8.31. The molecule has 2 amide bonds. The first-order chi connectivity index (χ1) is 10.7. The number of likely N-dealkylation sites (tertiary alicyclic amines) is 1. The van der Waals surface area contributed by atoms with Crippen LogP contribution in [0.4, 0.5) is 0 Å². The van der Waals surface area contributed by atoms with Crippen molar-refractivity contribution >= 4 is 11.8 Å². The Morgan fingerprint density at radius 3 is 2.55 bits per heavy atom. The Morgan fingerprint density at radius 2 is 1.91 bits per heavy atom. The number of piperidine rings is 1. The molecule has 1 aliphatic heterocycles. The highest BCUT2D eigenvalue weighted by atomic mass is 16.2. The van der Waals surface area contributed by atoms with Gasteiger partial charge in [0.15, 0.2) is 0 Å². The van der Waals surface area contributed by atoms with E-state index in [-0.39, 0.29) is 18.2 Å². The minimum atomic E-state index is -0.206. The number of hydrogen-bond acceptors (Lipinski definition) is 3. The van der Waals surface area contributed by atoms with Crippen molar-refractivity contribution in [1.29, 1.82) is 5.26 Å². The normalized spacial score (nSPS) is 19.4. The lowest BCUT2D eigenvalue weighted by molar-refractivity contribution is -0.127. The van der Waals surface area contributed by atoms with Gasteiger partial charge in [-0.3, -0.25) is 9.59 Å². The predicted molar refractivity (Wildman–Crippen MR) is 83.7 cm³/mol. The number of carbonyl (C=O) groups is 2. The van der Waals surface area contributed by atoms with Gasteiger partial charge >= 0.3 is 0 Å². The van der Waals surface area contributed by atoms with Crippen molar-refractivity contribution < 1.29 is 9.59 Å². The summed E-state index contributed by atoms with van der Waals surface area (Å²) in [7, 11) is 0. The van der Waals surface area contributed by atoms with Crippen molar-refractivity contribution in [3.05, 3.63) is 11.6 Å². The summed E-state index contributed by atoms with van der Waals surface area (Å²) in [6, 6.07) is 1.84. The zero-order valence-electron chi connectivity index (χ0n) is 13.1. The van der Waals surface area contributed by atoms with Crippen molar-refractivity contribution in [2.24, 2.45) is 5.92 Å². The van der Waals surface area contributed by atoms with E-state index in [1.165, 1.54) is 24.8 Å². The molecule has 0 atom stereocenters. The minimum absolute atomic E-state index is 0.0785. The number of allylic oxidation sites excluding steroid dienone is 1. The number of carbonyl (C=O) groups excluding carboxylic acids is 2. The fourth-order valence-electron chi connectivity index (χ4n) is 3.17. The lowest BCUT2D eigenvalue weighted by Crippen LogP contribution is -2.41. The molecule has 0 aromatic heterocycles. The van der Waals surface area contributed by atoms with Crippen LogP contribution in [0.2, 0.25) is 0 Å². The van der Waals surface area contributed by atoms with E-state index in [0.29, 0.717) is 12.5 Å². The molecule has 0 spiro atoms. The van der Waals surface area contributed by atoms with Crippen molar-refractivity contribution in [2.45, 2.75) is 51.4 Å². The molecule has 1 heterocycles. The Morgan fingerprint density at radius 1 is 1.23 bits per heavy atom. The molecule has 5 heteroatoms. The van der Waals surface area contributed by atoms with Crippen LogP contribution < -0.4 is 5.32 Å². The maximum atomic E-state index is 12.3. The maximum absolute atomic E-state index is 12.3. The van der Waals surface area contributed by atoms with Crippen LogP contribution in [0, 0.1) is 17.2 Å². The SMILES string of the molecule is N#CCC(=O)NCC1CCN(C(=O)C=C2CCCCC2)CC1. The van der Waals surface area contributed by atoms with E-state index in [1.807, 2.05) is 17.0 Å². The third-order valence-electron chi connectivity index (χ3n) is 4.58. The fourth-order valence-corrected chi connectivity index (χ4v) is 3.17. The lowest BCUT2D eigenvalue weighted by Gasteiger charge is -2.31. The van der Waals surface area contributed by atoms with E-state index >= 15 is 0 Å². The molecule has 22 heavy (non-hydrogen) atoms. The number of hydrogen-bond donors (Lipinski definition) is 1. The van der Waals surface area contributed by atoms with Gasteiger partial charge in [-0.2, -0.15) is 5.26 Å². The smallest absolute Gasteiger partial charge is 0.246 e. The summed E-state index contributed by atoms with van der Waals surface area (Å²) in [5, 5.41) is 11.2. The van der Waals surface area contributed by atoms with Gasteiger partial charge in [-0.15, -0.1) is 0 Å².